The van der Waals surface area contributed by atoms with Crippen molar-refractivity contribution in [3.05, 3.63) is 35.4 Å². The first-order valence-electron chi connectivity index (χ1n) is 5.29. The summed E-state index contributed by atoms with van der Waals surface area (Å²) in [5, 5.41) is 0.300. The van der Waals surface area contributed by atoms with E-state index in [4.69, 9.17) is 5.84 Å². The lowest BCUT2D eigenvalue weighted by Gasteiger charge is -2.13. The van der Waals surface area contributed by atoms with E-state index in [1.54, 1.807) is 6.07 Å². The van der Waals surface area contributed by atoms with Crippen molar-refractivity contribution in [3.63, 3.8) is 0 Å². The van der Waals surface area contributed by atoms with Gasteiger partial charge in [-0.1, -0.05) is 13.8 Å². The van der Waals surface area contributed by atoms with Gasteiger partial charge in [0.15, 0.2) is 0 Å². The van der Waals surface area contributed by atoms with Gasteiger partial charge in [-0.3, -0.25) is 0 Å². The number of hydrogen-bond donors (Lipinski definition) is 2. The summed E-state index contributed by atoms with van der Waals surface area (Å²) >= 11 is 0. The van der Waals surface area contributed by atoms with E-state index in [-0.39, 0.29) is 11.4 Å². The van der Waals surface area contributed by atoms with E-state index in [1.165, 1.54) is 6.07 Å². The monoisotopic (exact) mass is 237 g/mol. The molecule has 0 spiro atoms. The number of nitrogens with two attached hydrogens (primary N) is 1. The first-order valence-corrected chi connectivity index (χ1v) is 5.29. The van der Waals surface area contributed by atoms with Crippen molar-refractivity contribution in [1.29, 1.82) is 0 Å². The molecule has 3 N–H and O–H groups in total. The average Bonchev–Trinajstić information content (AvgIpc) is 2.26. The smallest absolute Gasteiger partial charge is 0.144 e. The highest BCUT2D eigenvalue weighted by molar-refractivity contribution is 5.82. The van der Waals surface area contributed by atoms with E-state index in [0.717, 1.165) is 11.6 Å². The van der Waals surface area contributed by atoms with E-state index >= 15 is 0 Å². The van der Waals surface area contributed by atoms with Gasteiger partial charge in [0.05, 0.1) is 5.52 Å². The van der Waals surface area contributed by atoms with Gasteiger partial charge in [0.25, 0.3) is 0 Å². The molecule has 1 aromatic carbocycles. The molecule has 2 rings (SSSR count). The van der Waals surface area contributed by atoms with Gasteiger partial charge in [0.2, 0.25) is 0 Å². The molecule has 1 aromatic heterocycles. The van der Waals surface area contributed by atoms with Crippen molar-refractivity contribution in [1.82, 2.24) is 4.98 Å². The van der Waals surface area contributed by atoms with Crippen LogP contribution in [0.1, 0.15) is 25.3 Å². The number of nitrogen functional groups attached to an aromatic ring is 1. The zero-order valence-electron chi connectivity index (χ0n) is 9.59. The lowest BCUT2D eigenvalue weighted by Crippen LogP contribution is -2.12. The minimum Gasteiger partial charge on any atom is -0.308 e. The first kappa shape index (κ1) is 11.7. The zero-order valence-corrected chi connectivity index (χ0v) is 9.59. The molecule has 90 valence electrons. The van der Waals surface area contributed by atoms with Gasteiger partial charge < -0.3 is 5.43 Å². The lowest BCUT2D eigenvalue weighted by atomic mass is 10.0. The van der Waals surface area contributed by atoms with Crippen molar-refractivity contribution >= 4 is 16.7 Å². The summed E-state index contributed by atoms with van der Waals surface area (Å²) in [6.07, 6.45) is 0. The Balaban J connectivity index is 2.78. The zero-order chi connectivity index (χ0) is 12.6. The van der Waals surface area contributed by atoms with Crippen LogP contribution in [0, 0.1) is 11.6 Å². The van der Waals surface area contributed by atoms with E-state index in [1.807, 2.05) is 13.8 Å². The van der Waals surface area contributed by atoms with Crippen molar-refractivity contribution in [2.45, 2.75) is 19.8 Å². The van der Waals surface area contributed by atoms with E-state index in [9.17, 15) is 8.78 Å². The molecule has 0 atom stereocenters. The minimum absolute atomic E-state index is 0.141. The Bertz CT molecular complexity index is 567. The Labute approximate surface area is 97.6 Å². The second-order valence-electron chi connectivity index (χ2n) is 4.18. The highest BCUT2D eigenvalue weighted by Gasteiger charge is 2.12. The number of nitrogens with one attached hydrogen (secondary N) is 1. The summed E-state index contributed by atoms with van der Waals surface area (Å²) in [5.41, 5.74) is 3.50. The van der Waals surface area contributed by atoms with Gasteiger partial charge in [-0.25, -0.2) is 19.6 Å². The third-order valence-electron chi connectivity index (χ3n) is 2.64. The fourth-order valence-electron chi connectivity index (χ4n) is 1.77. The SMILES string of the molecule is CC(C)c1cc2c(F)cc(F)cc2nc1NN. The Hall–Kier alpha value is -1.75. The number of fused-ring (bicyclic) bond motifs is 1. The predicted octanol–water partition coefficient (Wildman–Crippen LogP) is 2.92. The Kier molecular flexibility index (Phi) is 2.93. The Morgan fingerprint density at radius 2 is 1.94 bits per heavy atom. The lowest BCUT2D eigenvalue weighted by molar-refractivity contribution is 0.591. The molecule has 0 saturated heterocycles. The summed E-state index contributed by atoms with van der Waals surface area (Å²) in [4.78, 5) is 4.12. The highest BCUT2D eigenvalue weighted by Crippen LogP contribution is 2.28. The number of anilines is 1. The topological polar surface area (TPSA) is 50.9 Å². The maximum Gasteiger partial charge on any atom is 0.144 e. The van der Waals surface area contributed by atoms with Crippen LogP contribution < -0.4 is 11.3 Å². The van der Waals surface area contributed by atoms with Crippen molar-refractivity contribution in [3.8, 4) is 0 Å². The fourth-order valence-corrected chi connectivity index (χ4v) is 1.77. The third-order valence-corrected chi connectivity index (χ3v) is 2.64. The van der Waals surface area contributed by atoms with Crippen LogP contribution in [0.2, 0.25) is 0 Å². The van der Waals surface area contributed by atoms with Crippen molar-refractivity contribution < 1.29 is 8.78 Å². The van der Waals surface area contributed by atoms with Crippen LogP contribution in [0.4, 0.5) is 14.6 Å². The van der Waals surface area contributed by atoms with Crippen LogP contribution >= 0.6 is 0 Å². The standard InChI is InChI=1S/C12H13F2N3/c1-6(2)8-5-9-10(14)3-7(13)4-11(9)16-12(8)17-15/h3-6H,15H2,1-2H3,(H,16,17). The first-order chi connectivity index (χ1) is 8.02. The normalized spacial score (nSPS) is 11.2. The van der Waals surface area contributed by atoms with E-state index in [0.29, 0.717) is 11.2 Å². The van der Waals surface area contributed by atoms with Gasteiger partial charge in [-0.05, 0) is 17.5 Å². The molecule has 5 heteroatoms. The molecule has 0 amide bonds. The van der Waals surface area contributed by atoms with Crippen LogP contribution in [0.3, 0.4) is 0 Å². The van der Waals surface area contributed by atoms with Gasteiger partial charge in [-0.2, -0.15) is 0 Å². The van der Waals surface area contributed by atoms with Gasteiger partial charge in [0.1, 0.15) is 17.5 Å². The molecule has 0 radical (unpaired) electrons. The Morgan fingerprint density at radius 1 is 1.24 bits per heavy atom. The minimum atomic E-state index is -0.650. The number of rotatable bonds is 2. The maximum atomic E-state index is 13.6. The molecule has 2 aromatic rings. The van der Waals surface area contributed by atoms with Crippen LogP contribution in [-0.4, -0.2) is 4.98 Å². The quantitative estimate of drug-likeness (QED) is 0.623. The molecule has 0 bridgehead atoms. The molecule has 3 nitrogen and oxygen atoms in total. The van der Waals surface area contributed by atoms with Crippen molar-refractivity contribution in [2.75, 3.05) is 5.43 Å². The molecular weight excluding hydrogens is 224 g/mol. The fraction of sp³-hybridized carbons (Fsp3) is 0.250. The molecular formula is C12H13F2N3. The summed E-state index contributed by atoms with van der Waals surface area (Å²) in [6.45, 7) is 3.90. The largest absolute Gasteiger partial charge is 0.308 e. The number of pyridine rings is 1. The molecule has 0 aliphatic heterocycles. The number of nitrogens with zero attached hydrogens (tertiary/aromatic N) is 1. The number of hydrogen-bond acceptors (Lipinski definition) is 3. The number of halogens is 2. The summed E-state index contributed by atoms with van der Waals surface area (Å²) in [7, 11) is 0. The van der Waals surface area contributed by atoms with Crippen LogP contribution in [0.15, 0.2) is 18.2 Å². The maximum absolute atomic E-state index is 13.6. The van der Waals surface area contributed by atoms with Gasteiger partial charge in [0, 0.05) is 17.5 Å². The highest BCUT2D eigenvalue weighted by atomic mass is 19.1. The molecule has 0 aliphatic rings. The van der Waals surface area contributed by atoms with E-state index < -0.39 is 11.6 Å². The number of hydrazine groups is 1. The number of benzene rings is 1. The van der Waals surface area contributed by atoms with Gasteiger partial charge in [-0.15, -0.1) is 0 Å². The summed E-state index contributed by atoms with van der Waals surface area (Å²) < 4.78 is 26.7. The second-order valence-corrected chi connectivity index (χ2v) is 4.18. The van der Waals surface area contributed by atoms with E-state index in [2.05, 4.69) is 10.4 Å². The Morgan fingerprint density at radius 3 is 2.53 bits per heavy atom. The van der Waals surface area contributed by atoms with Crippen LogP contribution in [0.25, 0.3) is 10.9 Å². The van der Waals surface area contributed by atoms with Crippen molar-refractivity contribution in [2.24, 2.45) is 5.84 Å². The summed E-state index contributed by atoms with van der Waals surface area (Å²) in [6, 6.07) is 3.68. The summed E-state index contributed by atoms with van der Waals surface area (Å²) in [5.74, 6) is 4.68. The van der Waals surface area contributed by atoms with Crippen LogP contribution in [0.5, 0.6) is 0 Å². The third kappa shape index (κ3) is 2.06. The molecule has 17 heavy (non-hydrogen) atoms. The number of aromatic nitrogens is 1. The molecule has 1 heterocycles. The molecule has 0 aliphatic carbocycles. The average molecular weight is 237 g/mol. The molecule has 0 unspecified atom stereocenters. The van der Waals surface area contributed by atoms with Gasteiger partial charge >= 0.3 is 0 Å². The van der Waals surface area contributed by atoms with Crippen LogP contribution in [-0.2, 0) is 0 Å². The predicted molar refractivity (Wildman–Crippen MR) is 63.6 cm³/mol. The molecule has 0 fully saturated rings. The molecule has 0 saturated carbocycles. The second kappa shape index (κ2) is 4.25.